The maximum atomic E-state index is 11.5. The van der Waals surface area contributed by atoms with Crippen LogP contribution in [-0.2, 0) is 22.4 Å². The number of ether oxygens (including phenoxy) is 1. The third kappa shape index (κ3) is 4.39. The van der Waals surface area contributed by atoms with E-state index in [1.165, 1.54) is 25.4 Å². The number of esters is 1. The molecular weight excluding hydrogens is 288 g/mol. The van der Waals surface area contributed by atoms with E-state index in [1.54, 1.807) is 6.07 Å². The zero-order chi connectivity index (χ0) is 15.2. The number of anilines is 1. The fraction of sp³-hybridized carbons (Fsp3) is 0.267. The number of rotatable bonds is 5. The highest BCUT2D eigenvalue weighted by Gasteiger charge is 2.07. The fourth-order valence-corrected chi connectivity index (χ4v) is 2.66. The molecule has 0 radical (unpaired) electrons. The Balaban J connectivity index is 1.98. The van der Waals surface area contributed by atoms with Crippen molar-refractivity contribution in [2.24, 2.45) is 0 Å². The Morgan fingerprint density at radius 3 is 2.86 bits per heavy atom. The Kier molecular flexibility index (Phi) is 5.05. The number of hydrogen-bond donors (Lipinski definition) is 1. The average molecular weight is 304 g/mol. The van der Waals surface area contributed by atoms with Gasteiger partial charge in [0.1, 0.15) is 0 Å². The second-order valence-electron chi connectivity index (χ2n) is 4.52. The number of hydrogen-bond acceptors (Lipinski definition) is 5. The van der Waals surface area contributed by atoms with Gasteiger partial charge >= 0.3 is 5.97 Å². The zero-order valence-electron chi connectivity index (χ0n) is 11.9. The van der Waals surface area contributed by atoms with Crippen molar-refractivity contribution in [1.29, 1.82) is 0 Å². The van der Waals surface area contributed by atoms with Crippen molar-refractivity contribution in [2.45, 2.75) is 19.8 Å². The lowest BCUT2D eigenvalue weighted by Crippen LogP contribution is -2.05. The summed E-state index contributed by atoms with van der Waals surface area (Å²) in [6.45, 7) is 1.46. The third-order valence-corrected chi connectivity index (χ3v) is 3.66. The van der Waals surface area contributed by atoms with Crippen molar-refractivity contribution < 1.29 is 14.3 Å². The van der Waals surface area contributed by atoms with Crippen LogP contribution in [0, 0.1) is 0 Å². The largest absolute Gasteiger partial charge is 0.465 e. The summed E-state index contributed by atoms with van der Waals surface area (Å²) in [5.74, 6) is -0.458. The smallest absolute Gasteiger partial charge is 0.337 e. The fourth-order valence-electron chi connectivity index (χ4n) is 1.87. The molecule has 0 atom stereocenters. The molecule has 0 fully saturated rings. The van der Waals surface area contributed by atoms with Crippen LogP contribution in [0.1, 0.15) is 28.5 Å². The van der Waals surface area contributed by atoms with E-state index < -0.39 is 0 Å². The van der Waals surface area contributed by atoms with E-state index in [1.807, 2.05) is 23.6 Å². The van der Waals surface area contributed by atoms with Gasteiger partial charge in [0.05, 0.1) is 18.4 Å². The highest BCUT2D eigenvalue weighted by atomic mass is 32.1. The number of nitrogens with zero attached hydrogens (tertiary/aromatic N) is 1. The first-order valence-corrected chi connectivity index (χ1v) is 7.35. The molecule has 2 rings (SSSR count). The van der Waals surface area contributed by atoms with Gasteiger partial charge in [0.2, 0.25) is 5.91 Å². The quantitative estimate of drug-likeness (QED) is 0.862. The molecule has 1 heterocycles. The summed E-state index contributed by atoms with van der Waals surface area (Å²) in [5.41, 5.74) is 2.52. The molecule has 1 aromatic carbocycles. The Bertz CT molecular complexity index is 652. The van der Waals surface area contributed by atoms with Crippen LogP contribution in [-0.4, -0.2) is 24.0 Å². The number of carbonyl (C=O) groups excluding carboxylic acids is 2. The standard InChI is InChI=1S/C15H16N2O3S/c1-10(18)16-15-17-13(9-21-15)7-6-11-4-3-5-12(8-11)14(19)20-2/h3-5,8-9H,6-7H2,1-2H3,(H,16,17,18). The molecule has 0 aliphatic rings. The van der Waals surface area contributed by atoms with Crippen LogP contribution in [0.3, 0.4) is 0 Å². The van der Waals surface area contributed by atoms with E-state index in [0.29, 0.717) is 10.7 Å². The van der Waals surface area contributed by atoms with Crippen molar-refractivity contribution in [2.75, 3.05) is 12.4 Å². The summed E-state index contributed by atoms with van der Waals surface area (Å²) < 4.78 is 4.70. The van der Waals surface area contributed by atoms with Gasteiger partial charge in [0.15, 0.2) is 5.13 Å². The molecule has 1 N–H and O–H groups in total. The minimum Gasteiger partial charge on any atom is -0.465 e. The molecule has 21 heavy (non-hydrogen) atoms. The lowest BCUT2D eigenvalue weighted by molar-refractivity contribution is -0.114. The minimum atomic E-state index is -0.335. The SMILES string of the molecule is COC(=O)c1cccc(CCc2csc(NC(C)=O)n2)c1. The molecule has 0 aliphatic carbocycles. The summed E-state index contributed by atoms with van der Waals surface area (Å²) in [6.07, 6.45) is 1.52. The maximum Gasteiger partial charge on any atom is 0.337 e. The van der Waals surface area contributed by atoms with E-state index in [-0.39, 0.29) is 11.9 Å². The van der Waals surface area contributed by atoms with Gasteiger partial charge in [-0.2, -0.15) is 0 Å². The van der Waals surface area contributed by atoms with Crippen LogP contribution in [0.25, 0.3) is 0 Å². The van der Waals surface area contributed by atoms with Crippen molar-refractivity contribution in [3.8, 4) is 0 Å². The van der Waals surface area contributed by atoms with Gasteiger partial charge in [-0.3, -0.25) is 4.79 Å². The first kappa shape index (κ1) is 15.2. The number of aryl methyl sites for hydroxylation is 2. The van der Waals surface area contributed by atoms with E-state index in [2.05, 4.69) is 10.3 Å². The zero-order valence-corrected chi connectivity index (χ0v) is 12.7. The van der Waals surface area contributed by atoms with Gasteiger partial charge in [-0.15, -0.1) is 11.3 Å². The van der Waals surface area contributed by atoms with Crippen LogP contribution in [0.5, 0.6) is 0 Å². The number of amides is 1. The molecular formula is C15H16N2O3S. The van der Waals surface area contributed by atoms with E-state index in [9.17, 15) is 9.59 Å². The predicted octanol–water partition coefficient (Wildman–Crippen LogP) is 2.67. The lowest BCUT2D eigenvalue weighted by atomic mass is 10.1. The van der Waals surface area contributed by atoms with Gasteiger partial charge in [-0.05, 0) is 30.5 Å². The van der Waals surface area contributed by atoms with Gasteiger partial charge in [0, 0.05) is 12.3 Å². The molecule has 1 aromatic heterocycles. The van der Waals surface area contributed by atoms with Crippen LogP contribution in [0.2, 0.25) is 0 Å². The summed E-state index contributed by atoms with van der Waals surface area (Å²) in [5, 5.41) is 5.20. The topological polar surface area (TPSA) is 68.3 Å². The van der Waals surface area contributed by atoms with Crippen molar-refractivity contribution in [1.82, 2.24) is 4.98 Å². The molecule has 1 amide bonds. The molecule has 5 nitrogen and oxygen atoms in total. The van der Waals surface area contributed by atoms with Crippen LogP contribution >= 0.6 is 11.3 Å². The minimum absolute atomic E-state index is 0.123. The summed E-state index contributed by atoms with van der Waals surface area (Å²) in [4.78, 5) is 26.8. The highest BCUT2D eigenvalue weighted by molar-refractivity contribution is 7.13. The predicted molar refractivity (Wildman–Crippen MR) is 81.6 cm³/mol. The number of nitrogens with one attached hydrogen (secondary N) is 1. The van der Waals surface area contributed by atoms with Gasteiger partial charge < -0.3 is 10.1 Å². The first-order chi connectivity index (χ1) is 10.1. The monoisotopic (exact) mass is 304 g/mol. The Morgan fingerprint density at radius 1 is 1.33 bits per heavy atom. The van der Waals surface area contributed by atoms with Crippen LogP contribution in [0.4, 0.5) is 5.13 Å². The van der Waals surface area contributed by atoms with Gasteiger partial charge in [-0.1, -0.05) is 12.1 Å². The normalized spacial score (nSPS) is 10.2. The Labute approximate surface area is 127 Å². The molecule has 2 aromatic rings. The molecule has 0 aliphatic heterocycles. The van der Waals surface area contributed by atoms with Crippen LogP contribution < -0.4 is 5.32 Å². The molecule has 0 saturated carbocycles. The summed E-state index contributed by atoms with van der Waals surface area (Å²) in [7, 11) is 1.37. The van der Waals surface area contributed by atoms with Crippen molar-refractivity contribution in [3.63, 3.8) is 0 Å². The summed E-state index contributed by atoms with van der Waals surface area (Å²) in [6, 6.07) is 7.36. The van der Waals surface area contributed by atoms with E-state index in [0.717, 1.165) is 24.1 Å². The number of carbonyl (C=O) groups is 2. The molecule has 0 saturated heterocycles. The molecule has 110 valence electrons. The van der Waals surface area contributed by atoms with Gasteiger partial charge in [0.25, 0.3) is 0 Å². The number of benzene rings is 1. The first-order valence-electron chi connectivity index (χ1n) is 6.47. The number of aromatic nitrogens is 1. The lowest BCUT2D eigenvalue weighted by Gasteiger charge is -2.03. The molecule has 0 bridgehead atoms. The van der Waals surface area contributed by atoms with E-state index >= 15 is 0 Å². The highest BCUT2D eigenvalue weighted by Crippen LogP contribution is 2.17. The maximum absolute atomic E-state index is 11.5. The number of methoxy groups -OCH3 is 1. The van der Waals surface area contributed by atoms with Gasteiger partial charge in [-0.25, -0.2) is 9.78 Å². The molecule has 6 heteroatoms. The Hall–Kier alpha value is -2.21. The molecule has 0 unspecified atom stereocenters. The van der Waals surface area contributed by atoms with Crippen molar-refractivity contribution >= 4 is 28.3 Å². The average Bonchev–Trinajstić information content (AvgIpc) is 2.91. The third-order valence-electron chi connectivity index (χ3n) is 2.85. The van der Waals surface area contributed by atoms with E-state index in [4.69, 9.17) is 4.74 Å². The van der Waals surface area contributed by atoms with Crippen LogP contribution in [0.15, 0.2) is 29.6 Å². The Morgan fingerprint density at radius 2 is 2.14 bits per heavy atom. The van der Waals surface area contributed by atoms with Crippen molar-refractivity contribution in [3.05, 3.63) is 46.5 Å². The number of thiazole rings is 1. The second kappa shape index (κ2) is 6.99. The second-order valence-corrected chi connectivity index (χ2v) is 5.38. The molecule has 0 spiro atoms. The summed E-state index contributed by atoms with van der Waals surface area (Å²) >= 11 is 1.41.